The molecular weight excluding hydrogens is 314 g/mol. The van der Waals surface area contributed by atoms with Gasteiger partial charge in [-0.3, -0.25) is 4.98 Å². The zero-order valence-electron chi connectivity index (χ0n) is 13.9. The Bertz CT molecular complexity index is 594. The molecule has 0 aliphatic carbocycles. The van der Waals surface area contributed by atoms with Crippen molar-refractivity contribution in [1.82, 2.24) is 15.2 Å². The van der Waals surface area contributed by atoms with Gasteiger partial charge in [-0.15, -0.1) is 0 Å². The lowest BCUT2D eigenvalue weighted by molar-refractivity contribution is 0.0167. The third-order valence-electron chi connectivity index (χ3n) is 4.74. The lowest BCUT2D eigenvalue weighted by Gasteiger charge is -2.36. The number of halogens is 1. The van der Waals surface area contributed by atoms with Gasteiger partial charge in [0.15, 0.2) is 0 Å². The molecule has 0 radical (unpaired) electrons. The number of pyridine rings is 1. The fraction of sp³-hybridized carbons (Fsp3) is 0.647. The lowest BCUT2D eigenvalue weighted by Crippen LogP contribution is -2.40. The van der Waals surface area contributed by atoms with Crippen LogP contribution in [0.15, 0.2) is 18.5 Å². The van der Waals surface area contributed by atoms with Crippen molar-refractivity contribution in [3.05, 3.63) is 29.0 Å². The summed E-state index contributed by atoms with van der Waals surface area (Å²) in [6.45, 7) is 8.21. The fourth-order valence-corrected chi connectivity index (χ4v) is 3.96. The van der Waals surface area contributed by atoms with Crippen molar-refractivity contribution >= 4 is 17.7 Å². The van der Waals surface area contributed by atoms with E-state index in [0.717, 1.165) is 31.5 Å². The largest absolute Gasteiger partial charge is 0.444 e. The van der Waals surface area contributed by atoms with Gasteiger partial charge in [-0.25, -0.2) is 4.79 Å². The van der Waals surface area contributed by atoms with Crippen molar-refractivity contribution in [2.45, 2.75) is 45.3 Å². The number of nitrogens with one attached hydrogen (secondary N) is 1. The van der Waals surface area contributed by atoms with Crippen LogP contribution in [0.2, 0.25) is 5.02 Å². The van der Waals surface area contributed by atoms with Crippen LogP contribution in [0.5, 0.6) is 0 Å². The molecule has 23 heavy (non-hydrogen) atoms. The molecule has 3 rings (SSSR count). The molecule has 6 heteroatoms. The fourth-order valence-electron chi connectivity index (χ4n) is 3.76. The molecule has 1 N–H and O–H groups in total. The first-order chi connectivity index (χ1) is 10.8. The topological polar surface area (TPSA) is 54.5 Å². The minimum Gasteiger partial charge on any atom is -0.444 e. The van der Waals surface area contributed by atoms with Crippen molar-refractivity contribution in [2.75, 3.05) is 19.6 Å². The molecule has 1 spiro atoms. The number of rotatable bonds is 1. The van der Waals surface area contributed by atoms with Crippen LogP contribution in [-0.2, 0) is 4.74 Å². The van der Waals surface area contributed by atoms with Crippen LogP contribution in [0.25, 0.3) is 0 Å². The first-order valence-electron chi connectivity index (χ1n) is 8.12. The minimum absolute atomic E-state index is 0.0174. The Kier molecular flexibility index (Phi) is 4.27. The normalized spacial score (nSPS) is 27.7. The van der Waals surface area contributed by atoms with E-state index >= 15 is 0 Å². The zero-order chi connectivity index (χ0) is 16.7. The van der Waals surface area contributed by atoms with Gasteiger partial charge >= 0.3 is 6.09 Å². The van der Waals surface area contributed by atoms with Gasteiger partial charge in [0, 0.05) is 41.5 Å². The van der Waals surface area contributed by atoms with E-state index in [1.165, 1.54) is 0 Å². The summed E-state index contributed by atoms with van der Waals surface area (Å²) in [5.74, 6) is 0. The van der Waals surface area contributed by atoms with Gasteiger partial charge in [0.2, 0.25) is 0 Å². The highest BCUT2D eigenvalue weighted by atomic mass is 35.5. The van der Waals surface area contributed by atoms with Crippen LogP contribution in [0.1, 0.15) is 45.2 Å². The number of likely N-dealkylation sites (tertiary alicyclic amines) is 1. The minimum atomic E-state index is -0.510. The molecule has 2 unspecified atom stereocenters. The third kappa shape index (κ3) is 3.17. The highest BCUT2D eigenvalue weighted by Gasteiger charge is 2.52. The first-order valence-corrected chi connectivity index (χ1v) is 8.50. The monoisotopic (exact) mass is 337 g/mol. The predicted octanol–water partition coefficient (Wildman–Crippen LogP) is 3.40. The average Bonchev–Trinajstić information content (AvgIpc) is 3.06. The second-order valence-corrected chi connectivity index (χ2v) is 7.92. The van der Waals surface area contributed by atoms with Crippen molar-refractivity contribution in [1.29, 1.82) is 0 Å². The summed E-state index contributed by atoms with van der Waals surface area (Å²) in [7, 11) is 0. The predicted molar refractivity (Wildman–Crippen MR) is 89.5 cm³/mol. The molecule has 126 valence electrons. The molecular formula is C17H24ClN3O2. The second-order valence-electron chi connectivity index (χ2n) is 7.51. The zero-order valence-corrected chi connectivity index (χ0v) is 14.7. The van der Waals surface area contributed by atoms with Crippen LogP contribution in [0.3, 0.4) is 0 Å². The maximum atomic E-state index is 12.7. The van der Waals surface area contributed by atoms with Gasteiger partial charge in [0.05, 0.1) is 6.04 Å². The Labute approximate surface area is 142 Å². The van der Waals surface area contributed by atoms with Crippen LogP contribution < -0.4 is 5.32 Å². The number of aromatic nitrogens is 1. The maximum absolute atomic E-state index is 12.7. The summed E-state index contributed by atoms with van der Waals surface area (Å²) in [5, 5.41) is 4.10. The molecule has 1 aromatic heterocycles. The van der Waals surface area contributed by atoms with E-state index in [0.29, 0.717) is 11.6 Å². The molecule has 1 aromatic rings. The Balaban J connectivity index is 1.96. The second kappa shape index (κ2) is 5.95. The van der Waals surface area contributed by atoms with E-state index in [1.54, 1.807) is 18.5 Å². The number of carbonyl (C=O) groups excluding carboxylic acids is 1. The first kappa shape index (κ1) is 16.5. The summed E-state index contributed by atoms with van der Waals surface area (Å²) in [5.41, 5.74) is 0.425. The van der Waals surface area contributed by atoms with Crippen molar-refractivity contribution in [3.8, 4) is 0 Å². The lowest BCUT2D eigenvalue weighted by atomic mass is 9.77. The van der Waals surface area contributed by atoms with E-state index in [2.05, 4.69) is 10.3 Å². The molecule has 5 nitrogen and oxygen atoms in total. The van der Waals surface area contributed by atoms with Crippen molar-refractivity contribution < 1.29 is 9.53 Å². The van der Waals surface area contributed by atoms with Crippen molar-refractivity contribution in [2.24, 2.45) is 5.41 Å². The van der Waals surface area contributed by atoms with Crippen LogP contribution in [0, 0.1) is 5.41 Å². The molecule has 2 aliphatic heterocycles. The summed E-state index contributed by atoms with van der Waals surface area (Å²) < 4.78 is 5.62. The Morgan fingerprint density at radius 3 is 2.87 bits per heavy atom. The SMILES string of the molecule is CC(C)(C)OC(=O)N1CCC2(CCNC2)C1c1cnccc1Cl. The highest BCUT2D eigenvalue weighted by Crippen LogP contribution is 2.52. The van der Waals surface area contributed by atoms with Gasteiger partial charge < -0.3 is 15.0 Å². The third-order valence-corrected chi connectivity index (χ3v) is 5.08. The van der Waals surface area contributed by atoms with Crippen LogP contribution in [0.4, 0.5) is 4.79 Å². The standard InChI is InChI=1S/C17H24ClN3O2/c1-16(2,3)23-15(22)21-9-6-17(5-8-20-11-17)14(21)12-10-19-7-4-13(12)18/h4,7,10,14,20H,5-6,8-9,11H2,1-3H3. The van der Waals surface area contributed by atoms with Gasteiger partial charge in [-0.2, -0.15) is 0 Å². The van der Waals surface area contributed by atoms with E-state index in [9.17, 15) is 4.79 Å². The molecule has 2 aliphatic rings. The quantitative estimate of drug-likeness (QED) is 0.853. The molecule has 2 atom stereocenters. The molecule has 1 amide bonds. The van der Waals surface area contributed by atoms with Crippen molar-refractivity contribution in [3.63, 3.8) is 0 Å². The molecule has 0 bridgehead atoms. The molecule has 2 fully saturated rings. The number of nitrogens with zero attached hydrogens (tertiary/aromatic N) is 2. The number of carbonyl (C=O) groups is 1. The van der Waals surface area contributed by atoms with Gasteiger partial charge in [-0.1, -0.05) is 11.6 Å². The maximum Gasteiger partial charge on any atom is 0.410 e. The number of amides is 1. The molecule has 3 heterocycles. The average molecular weight is 338 g/mol. The van der Waals surface area contributed by atoms with Gasteiger partial charge in [-0.05, 0) is 46.2 Å². The number of ether oxygens (including phenoxy) is 1. The van der Waals surface area contributed by atoms with Crippen LogP contribution >= 0.6 is 11.6 Å². The van der Waals surface area contributed by atoms with E-state index in [1.807, 2.05) is 25.7 Å². The Morgan fingerprint density at radius 1 is 1.48 bits per heavy atom. The van der Waals surface area contributed by atoms with Gasteiger partial charge in [0.1, 0.15) is 5.60 Å². The molecule has 0 saturated carbocycles. The van der Waals surface area contributed by atoms with E-state index in [4.69, 9.17) is 16.3 Å². The summed E-state index contributed by atoms with van der Waals surface area (Å²) in [4.78, 5) is 18.8. The molecule has 2 saturated heterocycles. The Morgan fingerprint density at radius 2 is 2.26 bits per heavy atom. The number of hydrogen-bond acceptors (Lipinski definition) is 4. The summed E-state index contributed by atoms with van der Waals surface area (Å²) in [6, 6.07) is 1.70. The number of hydrogen-bond donors (Lipinski definition) is 1. The molecule has 0 aromatic carbocycles. The Hall–Kier alpha value is -1.33. The summed E-state index contributed by atoms with van der Waals surface area (Å²) in [6.07, 6.45) is 5.18. The van der Waals surface area contributed by atoms with E-state index in [-0.39, 0.29) is 17.6 Å². The summed E-state index contributed by atoms with van der Waals surface area (Å²) >= 11 is 6.43. The van der Waals surface area contributed by atoms with Crippen LogP contribution in [-0.4, -0.2) is 41.2 Å². The highest BCUT2D eigenvalue weighted by molar-refractivity contribution is 6.31. The van der Waals surface area contributed by atoms with Gasteiger partial charge in [0.25, 0.3) is 0 Å². The smallest absolute Gasteiger partial charge is 0.410 e. The van der Waals surface area contributed by atoms with E-state index < -0.39 is 5.60 Å².